The van der Waals surface area contributed by atoms with Crippen LogP contribution in [0.1, 0.15) is 21.5 Å². The highest BCUT2D eigenvalue weighted by Crippen LogP contribution is 2.29. The number of amides is 1. The van der Waals surface area contributed by atoms with E-state index < -0.39 is 17.6 Å². The van der Waals surface area contributed by atoms with Gasteiger partial charge in [-0.1, -0.05) is 6.07 Å². The van der Waals surface area contributed by atoms with Gasteiger partial charge in [-0.15, -0.1) is 0 Å². The summed E-state index contributed by atoms with van der Waals surface area (Å²) in [4.78, 5) is 19.4. The summed E-state index contributed by atoms with van der Waals surface area (Å²) in [5, 5.41) is 5.75. The third-order valence-corrected chi connectivity index (χ3v) is 5.10. The van der Waals surface area contributed by atoms with E-state index in [9.17, 15) is 18.0 Å². The first-order chi connectivity index (χ1) is 15.8. The highest BCUT2D eigenvalue weighted by Gasteiger charge is 2.30. The molecule has 0 aliphatic carbocycles. The molecule has 1 amide bonds. The number of hydrogen-bond donors (Lipinski definition) is 2. The van der Waals surface area contributed by atoms with Crippen LogP contribution >= 0.6 is 0 Å². The Hall–Kier alpha value is -3.11. The molecule has 10 heteroatoms. The summed E-state index contributed by atoms with van der Waals surface area (Å²) in [5.74, 6) is 0.162. The van der Waals surface area contributed by atoms with Crippen LogP contribution in [0.25, 0.3) is 0 Å². The maximum atomic E-state index is 12.8. The van der Waals surface area contributed by atoms with Gasteiger partial charge < -0.3 is 14.8 Å². The number of carbonyl (C=O) groups is 1. The van der Waals surface area contributed by atoms with E-state index in [-0.39, 0.29) is 11.5 Å². The van der Waals surface area contributed by atoms with E-state index in [1.165, 1.54) is 7.11 Å². The fourth-order valence-corrected chi connectivity index (χ4v) is 3.28. The number of hydrogen-bond acceptors (Lipinski definition) is 5. The van der Waals surface area contributed by atoms with Crippen molar-refractivity contribution in [2.24, 2.45) is 4.99 Å². The van der Waals surface area contributed by atoms with Crippen molar-refractivity contribution < 1.29 is 27.4 Å². The summed E-state index contributed by atoms with van der Waals surface area (Å²) in [6.07, 6.45) is -4.47. The lowest BCUT2D eigenvalue weighted by molar-refractivity contribution is -0.137. The fraction of sp³-hybridized carbons (Fsp3) is 0.391. The minimum atomic E-state index is -4.47. The highest BCUT2D eigenvalue weighted by atomic mass is 19.4. The van der Waals surface area contributed by atoms with Gasteiger partial charge in [0.05, 0.1) is 38.1 Å². The third kappa shape index (κ3) is 7.19. The van der Waals surface area contributed by atoms with Crippen molar-refractivity contribution in [3.63, 3.8) is 0 Å². The average Bonchev–Trinajstić information content (AvgIpc) is 2.79. The van der Waals surface area contributed by atoms with Gasteiger partial charge in [0, 0.05) is 25.2 Å². The second-order valence-corrected chi connectivity index (χ2v) is 7.54. The van der Waals surface area contributed by atoms with Crippen molar-refractivity contribution in [2.45, 2.75) is 13.1 Å². The quantitative estimate of drug-likeness (QED) is 0.505. The number of anilines is 1. The maximum absolute atomic E-state index is 12.8. The summed E-state index contributed by atoms with van der Waals surface area (Å²) in [6.45, 7) is 5.95. The largest absolute Gasteiger partial charge is 0.495 e. The summed E-state index contributed by atoms with van der Waals surface area (Å²) < 4.78 is 49.2. The first kappa shape index (κ1) is 24.5. The lowest BCUT2D eigenvalue weighted by atomic mass is 10.1. The number of nitrogens with zero attached hydrogens (tertiary/aromatic N) is 2. The van der Waals surface area contributed by atoms with Crippen LogP contribution in [0.2, 0.25) is 0 Å². The van der Waals surface area contributed by atoms with Crippen LogP contribution in [0.15, 0.2) is 47.5 Å². The first-order valence-corrected chi connectivity index (χ1v) is 10.5. The van der Waals surface area contributed by atoms with Crippen LogP contribution in [0.5, 0.6) is 5.75 Å². The SMILES string of the molecule is COc1ccc(C)cc1NC(=NCCN1CCOCC1)NC(=O)c1ccc(C(F)(F)F)cc1. The molecule has 1 saturated heterocycles. The molecule has 1 aliphatic rings. The zero-order valence-corrected chi connectivity index (χ0v) is 18.5. The Kier molecular flexibility index (Phi) is 8.29. The van der Waals surface area contributed by atoms with E-state index in [0.717, 1.165) is 42.9 Å². The van der Waals surface area contributed by atoms with Gasteiger partial charge in [0.1, 0.15) is 5.75 Å². The summed E-state index contributed by atoms with van der Waals surface area (Å²) >= 11 is 0. The van der Waals surface area contributed by atoms with Crippen LogP contribution in [0, 0.1) is 6.92 Å². The second-order valence-electron chi connectivity index (χ2n) is 7.54. The number of aliphatic imine (C=N–C) groups is 1. The lowest BCUT2D eigenvalue weighted by Gasteiger charge is -2.25. The summed E-state index contributed by atoms with van der Waals surface area (Å²) in [7, 11) is 1.53. The monoisotopic (exact) mass is 464 g/mol. The average molecular weight is 464 g/mol. The molecule has 2 aromatic carbocycles. The molecule has 33 heavy (non-hydrogen) atoms. The lowest BCUT2D eigenvalue weighted by Crippen LogP contribution is -2.39. The predicted octanol–water partition coefficient (Wildman–Crippen LogP) is 3.55. The fourth-order valence-electron chi connectivity index (χ4n) is 3.28. The van der Waals surface area contributed by atoms with Crippen molar-refractivity contribution >= 4 is 17.6 Å². The smallest absolute Gasteiger partial charge is 0.416 e. The van der Waals surface area contributed by atoms with E-state index >= 15 is 0 Å². The summed E-state index contributed by atoms with van der Waals surface area (Å²) in [5.41, 5.74) is 0.846. The van der Waals surface area contributed by atoms with Gasteiger partial charge in [-0.05, 0) is 48.9 Å². The summed E-state index contributed by atoms with van der Waals surface area (Å²) in [6, 6.07) is 9.55. The Balaban J connectivity index is 1.76. The Morgan fingerprint density at radius 3 is 2.48 bits per heavy atom. The molecule has 1 heterocycles. The number of nitrogens with one attached hydrogen (secondary N) is 2. The number of carbonyl (C=O) groups excluding carboxylic acids is 1. The predicted molar refractivity (Wildman–Crippen MR) is 120 cm³/mol. The molecule has 2 N–H and O–H groups in total. The van der Waals surface area contributed by atoms with Crippen LogP contribution in [-0.2, 0) is 10.9 Å². The van der Waals surface area contributed by atoms with Gasteiger partial charge >= 0.3 is 6.18 Å². The third-order valence-electron chi connectivity index (χ3n) is 5.10. The van der Waals surface area contributed by atoms with Crippen molar-refractivity contribution in [1.29, 1.82) is 0 Å². The van der Waals surface area contributed by atoms with Crippen LogP contribution in [0.3, 0.4) is 0 Å². The number of aryl methyl sites for hydroxylation is 1. The van der Waals surface area contributed by atoms with E-state index in [4.69, 9.17) is 9.47 Å². The number of benzene rings is 2. The number of methoxy groups -OCH3 is 1. The molecule has 0 spiro atoms. The molecule has 0 unspecified atom stereocenters. The van der Waals surface area contributed by atoms with Crippen LogP contribution in [-0.4, -0.2) is 63.3 Å². The van der Waals surface area contributed by atoms with Gasteiger partial charge in [0.15, 0.2) is 0 Å². The van der Waals surface area contributed by atoms with Crippen LogP contribution in [0.4, 0.5) is 18.9 Å². The van der Waals surface area contributed by atoms with Crippen molar-refractivity contribution in [3.05, 3.63) is 59.2 Å². The van der Waals surface area contributed by atoms with E-state index in [2.05, 4.69) is 20.5 Å². The van der Waals surface area contributed by atoms with Crippen molar-refractivity contribution in [1.82, 2.24) is 10.2 Å². The number of alkyl halides is 3. The van der Waals surface area contributed by atoms with Gasteiger partial charge in [0.25, 0.3) is 5.91 Å². The molecule has 0 radical (unpaired) electrons. The number of ether oxygens (including phenoxy) is 2. The van der Waals surface area contributed by atoms with Crippen LogP contribution < -0.4 is 15.4 Å². The maximum Gasteiger partial charge on any atom is 0.416 e. The standard InChI is InChI=1S/C23H27F3N4O3/c1-16-3-8-20(32-2)19(15-16)28-22(27-9-10-30-11-13-33-14-12-30)29-21(31)17-4-6-18(7-5-17)23(24,25)26/h3-8,15H,9-14H2,1-2H3,(H2,27,28,29,31). The Bertz CT molecular complexity index is 972. The molecular weight excluding hydrogens is 437 g/mol. The normalized spacial score (nSPS) is 15.2. The number of morpholine rings is 1. The molecule has 7 nitrogen and oxygen atoms in total. The topological polar surface area (TPSA) is 75.2 Å². The number of guanidine groups is 1. The highest BCUT2D eigenvalue weighted by molar-refractivity contribution is 6.10. The number of halogens is 3. The second kappa shape index (κ2) is 11.2. The molecule has 2 aromatic rings. The molecular formula is C23H27F3N4O3. The van der Waals surface area contributed by atoms with Gasteiger partial charge in [-0.3, -0.25) is 20.0 Å². The minimum absolute atomic E-state index is 0.0851. The Morgan fingerprint density at radius 1 is 1.15 bits per heavy atom. The molecule has 0 atom stereocenters. The molecule has 0 aromatic heterocycles. The Morgan fingerprint density at radius 2 is 1.85 bits per heavy atom. The molecule has 1 fully saturated rings. The first-order valence-electron chi connectivity index (χ1n) is 10.5. The minimum Gasteiger partial charge on any atom is -0.495 e. The molecule has 178 valence electrons. The molecule has 0 saturated carbocycles. The van der Waals surface area contributed by atoms with E-state index in [0.29, 0.717) is 37.7 Å². The molecule has 1 aliphatic heterocycles. The van der Waals surface area contributed by atoms with E-state index in [1.807, 2.05) is 19.1 Å². The molecule has 0 bridgehead atoms. The van der Waals surface area contributed by atoms with E-state index in [1.54, 1.807) is 6.07 Å². The van der Waals surface area contributed by atoms with Gasteiger partial charge in [0.2, 0.25) is 5.96 Å². The number of rotatable bonds is 6. The van der Waals surface area contributed by atoms with Gasteiger partial charge in [-0.25, -0.2) is 0 Å². The van der Waals surface area contributed by atoms with Gasteiger partial charge in [-0.2, -0.15) is 13.2 Å². The zero-order chi connectivity index (χ0) is 23.8. The molecule has 3 rings (SSSR count). The Labute approximate surface area is 190 Å². The van der Waals surface area contributed by atoms with Crippen molar-refractivity contribution in [3.8, 4) is 5.75 Å². The zero-order valence-electron chi connectivity index (χ0n) is 18.5. The van der Waals surface area contributed by atoms with Crippen molar-refractivity contribution in [2.75, 3.05) is 51.8 Å².